The maximum Gasteiger partial charge on any atom is 0.331 e. The molecule has 0 atom stereocenters. The molecule has 0 saturated heterocycles. The second-order valence-electron chi connectivity index (χ2n) is 3.07. The van der Waals surface area contributed by atoms with E-state index in [4.69, 9.17) is 11.6 Å². The van der Waals surface area contributed by atoms with Crippen molar-refractivity contribution >= 4 is 17.3 Å². The molecular formula is C8H6ClN5O2. The molecule has 2 aromatic rings. The second-order valence-corrected chi connectivity index (χ2v) is 3.41. The average molecular weight is 240 g/mol. The highest BCUT2D eigenvalue weighted by atomic mass is 35.5. The van der Waals surface area contributed by atoms with Crippen molar-refractivity contribution in [1.29, 1.82) is 0 Å². The van der Waals surface area contributed by atoms with E-state index in [1.165, 1.54) is 4.68 Å². The molecule has 0 amide bonds. The quantitative estimate of drug-likeness (QED) is 0.451. The van der Waals surface area contributed by atoms with Gasteiger partial charge in [-0.1, -0.05) is 0 Å². The fourth-order valence-electron chi connectivity index (χ4n) is 1.17. The van der Waals surface area contributed by atoms with Crippen molar-refractivity contribution in [1.82, 2.24) is 19.7 Å². The van der Waals surface area contributed by atoms with E-state index in [-0.39, 0.29) is 16.8 Å². The smallest absolute Gasteiger partial charge is 0.258 e. The lowest BCUT2D eigenvalue weighted by atomic mass is 10.4. The first kappa shape index (κ1) is 10.5. The Balaban J connectivity index is 2.62. The van der Waals surface area contributed by atoms with Gasteiger partial charge in [0.25, 0.3) is 0 Å². The van der Waals surface area contributed by atoms with Crippen molar-refractivity contribution in [2.24, 2.45) is 0 Å². The summed E-state index contributed by atoms with van der Waals surface area (Å²) in [7, 11) is 0. The third-order valence-electron chi connectivity index (χ3n) is 1.85. The molecule has 0 aromatic carbocycles. The van der Waals surface area contributed by atoms with E-state index in [0.717, 1.165) is 11.8 Å². The Kier molecular flexibility index (Phi) is 2.53. The Morgan fingerprint density at radius 1 is 1.50 bits per heavy atom. The van der Waals surface area contributed by atoms with Crippen molar-refractivity contribution in [3.05, 3.63) is 39.6 Å². The molecule has 16 heavy (non-hydrogen) atoms. The lowest BCUT2D eigenvalue weighted by Gasteiger charge is -2.00. The van der Waals surface area contributed by atoms with Gasteiger partial charge in [0.05, 0.1) is 11.1 Å². The zero-order chi connectivity index (χ0) is 11.7. The van der Waals surface area contributed by atoms with E-state index in [1.54, 1.807) is 12.4 Å². The number of rotatable bonds is 2. The summed E-state index contributed by atoms with van der Waals surface area (Å²) in [6.45, 7) is 1.82. The predicted octanol–water partition coefficient (Wildman–Crippen LogP) is 1.53. The van der Waals surface area contributed by atoms with Gasteiger partial charge in [0.15, 0.2) is 0 Å². The van der Waals surface area contributed by atoms with Crippen LogP contribution in [0.2, 0.25) is 5.28 Å². The number of nitro groups is 1. The molecule has 2 heterocycles. The van der Waals surface area contributed by atoms with Crippen molar-refractivity contribution in [3.8, 4) is 5.82 Å². The molecule has 8 heteroatoms. The van der Waals surface area contributed by atoms with Crippen LogP contribution in [-0.2, 0) is 0 Å². The van der Waals surface area contributed by atoms with Gasteiger partial charge >= 0.3 is 5.69 Å². The Hall–Kier alpha value is -2.02. The third-order valence-corrected chi connectivity index (χ3v) is 2.03. The number of nitrogens with zero attached hydrogens (tertiary/aromatic N) is 5. The van der Waals surface area contributed by atoms with Crippen LogP contribution in [0.3, 0.4) is 0 Å². The lowest BCUT2D eigenvalue weighted by molar-refractivity contribution is -0.385. The first-order valence-corrected chi connectivity index (χ1v) is 4.64. The van der Waals surface area contributed by atoms with Gasteiger partial charge in [-0.05, 0) is 24.1 Å². The third kappa shape index (κ3) is 1.84. The van der Waals surface area contributed by atoms with Crippen LogP contribution < -0.4 is 0 Å². The number of halogens is 1. The van der Waals surface area contributed by atoms with E-state index in [2.05, 4.69) is 15.1 Å². The zero-order valence-electron chi connectivity index (χ0n) is 8.16. The van der Waals surface area contributed by atoms with E-state index in [0.29, 0.717) is 0 Å². The Morgan fingerprint density at radius 3 is 2.81 bits per heavy atom. The molecule has 0 aliphatic rings. The normalized spacial score (nSPS) is 10.4. The van der Waals surface area contributed by atoms with Gasteiger partial charge in [-0.3, -0.25) is 10.1 Å². The molecule has 0 fully saturated rings. The van der Waals surface area contributed by atoms with Gasteiger partial charge in [-0.2, -0.15) is 10.1 Å². The molecular weight excluding hydrogens is 234 g/mol. The van der Waals surface area contributed by atoms with E-state index < -0.39 is 4.92 Å². The lowest BCUT2D eigenvalue weighted by Crippen LogP contribution is -2.04. The highest BCUT2D eigenvalue weighted by Crippen LogP contribution is 2.20. The first-order valence-electron chi connectivity index (χ1n) is 4.26. The predicted molar refractivity (Wildman–Crippen MR) is 55.6 cm³/mol. The van der Waals surface area contributed by atoms with E-state index >= 15 is 0 Å². The minimum Gasteiger partial charge on any atom is -0.258 e. The molecule has 7 nitrogen and oxygen atoms in total. The summed E-state index contributed by atoms with van der Waals surface area (Å²) in [6.07, 6.45) is 4.24. The standard InChI is InChI=1S/C8H6ClN5O2/c1-5-2-11-13(4-5)7-6(14(15)16)3-10-8(9)12-7/h2-4H,1H3. The minimum atomic E-state index is -0.581. The summed E-state index contributed by atoms with van der Waals surface area (Å²) in [6, 6.07) is 0. The monoisotopic (exact) mass is 239 g/mol. The highest BCUT2D eigenvalue weighted by molar-refractivity contribution is 6.28. The van der Waals surface area contributed by atoms with Gasteiger partial charge in [0.1, 0.15) is 6.20 Å². The van der Waals surface area contributed by atoms with Crippen LogP contribution in [0.5, 0.6) is 0 Å². The molecule has 0 N–H and O–H groups in total. The average Bonchev–Trinajstić information content (AvgIpc) is 2.64. The van der Waals surface area contributed by atoms with Crippen molar-refractivity contribution in [3.63, 3.8) is 0 Å². The number of aryl methyl sites for hydroxylation is 1. The van der Waals surface area contributed by atoms with Crippen LogP contribution in [0.25, 0.3) is 5.82 Å². The zero-order valence-corrected chi connectivity index (χ0v) is 8.92. The molecule has 0 radical (unpaired) electrons. The molecule has 2 rings (SSSR count). The Bertz CT molecular complexity index is 553. The summed E-state index contributed by atoms with van der Waals surface area (Å²) < 4.78 is 1.29. The summed E-state index contributed by atoms with van der Waals surface area (Å²) in [5.41, 5.74) is 0.622. The molecule has 0 saturated carbocycles. The van der Waals surface area contributed by atoms with E-state index in [9.17, 15) is 10.1 Å². The Morgan fingerprint density at radius 2 is 2.25 bits per heavy atom. The minimum absolute atomic E-state index is 0.0538. The van der Waals surface area contributed by atoms with Crippen molar-refractivity contribution in [2.75, 3.05) is 0 Å². The Labute approximate surface area is 94.9 Å². The van der Waals surface area contributed by atoms with Crippen LogP contribution in [0.4, 0.5) is 5.69 Å². The summed E-state index contributed by atoms with van der Waals surface area (Å²) in [4.78, 5) is 17.5. The van der Waals surface area contributed by atoms with Crippen LogP contribution >= 0.6 is 11.6 Å². The van der Waals surface area contributed by atoms with Crippen molar-refractivity contribution < 1.29 is 4.92 Å². The maximum absolute atomic E-state index is 10.8. The van der Waals surface area contributed by atoms with Gasteiger partial charge in [0, 0.05) is 6.20 Å². The molecule has 0 aliphatic heterocycles. The molecule has 0 aliphatic carbocycles. The number of hydrogen-bond acceptors (Lipinski definition) is 5. The van der Waals surface area contributed by atoms with Gasteiger partial charge in [-0.15, -0.1) is 0 Å². The molecule has 2 aromatic heterocycles. The van der Waals surface area contributed by atoms with Gasteiger partial charge < -0.3 is 0 Å². The van der Waals surface area contributed by atoms with Gasteiger partial charge in [-0.25, -0.2) is 9.67 Å². The van der Waals surface area contributed by atoms with Gasteiger partial charge in [0.2, 0.25) is 11.1 Å². The molecule has 0 spiro atoms. The van der Waals surface area contributed by atoms with Crippen LogP contribution in [0.15, 0.2) is 18.6 Å². The summed E-state index contributed by atoms with van der Waals surface area (Å²) >= 11 is 5.59. The van der Waals surface area contributed by atoms with Crippen LogP contribution in [0.1, 0.15) is 5.56 Å². The molecule has 0 bridgehead atoms. The van der Waals surface area contributed by atoms with Crippen LogP contribution in [-0.4, -0.2) is 24.7 Å². The first-order chi connectivity index (χ1) is 7.58. The second kappa shape index (κ2) is 3.86. The molecule has 0 unspecified atom stereocenters. The topological polar surface area (TPSA) is 86.7 Å². The summed E-state index contributed by atoms with van der Waals surface area (Å²) in [5, 5.41) is 14.6. The van der Waals surface area contributed by atoms with E-state index in [1.807, 2.05) is 6.92 Å². The summed E-state index contributed by atoms with van der Waals surface area (Å²) in [5.74, 6) is 0.0538. The fraction of sp³-hybridized carbons (Fsp3) is 0.125. The molecule has 82 valence electrons. The fourth-order valence-corrected chi connectivity index (χ4v) is 1.30. The SMILES string of the molecule is Cc1cnn(-c2nc(Cl)ncc2[N+](=O)[O-])c1. The van der Waals surface area contributed by atoms with Crippen LogP contribution in [0, 0.1) is 17.0 Å². The van der Waals surface area contributed by atoms with Crippen molar-refractivity contribution in [2.45, 2.75) is 6.92 Å². The largest absolute Gasteiger partial charge is 0.331 e. The highest BCUT2D eigenvalue weighted by Gasteiger charge is 2.19. The number of hydrogen-bond donors (Lipinski definition) is 0. The maximum atomic E-state index is 10.8. The number of aromatic nitrogens is 4.